The molecule has 1 heterocycles. The first kappa shape index (κ1) is 14.7. The highest BCUT2D eigenvalue weighted by Crippen LogP contribution is 2.21. The molecule has 2 N–H and O–H groups in total. The summed E-state index contributed by atoms with van der Waals surface area (Å²) >= 11 is 0. The van der Waals surface area contributed by atoms with Crippen LogP contribution in [0.15, 0.2) is 12.4 Å². The Balaban J connectivity index is 2.50. The van der Waals surface area contributed by atoms with Crippen LogP contribution in [-0.4, -0.2) is 33.4 Å². The maximum absolute atomic E-state index is 11.9. The number of aromatic nitrogens is 2. The normalized spacial score (nSPS) is 13.4. The molecule has 0 fully saturated rings. The van der Waals surface area contributed by atoms with E-state index in [4.69, 9.17) is 0 Å². The molecule has 0 aliphatic rings. The molecule has 102 valence electrons. The minimum atomic E-state index is -0.361. The van der Waals surface area contributed by atoms with Gasteiger partial charge in [0, 0.05) is 19.3 Å². The molecule has 1 amide bonds. The predicted molar refractivity (Wildman–Crippen MR) is 70.3 cm³/mol. The third-order valence-corrected chi connectivity index (χ3v) is 2.79. The van der Waals surface area contributed by atoms with Gasteiger partial charge in [-0.2, -0.15) is 5.10 Å². The van der Waals surface area contributed by atoms with Crippen LogP contribution in [-0.2, 0) is 6.54 Å². The molecule has 0 aliphatic heterocycles. The fourth-order valence-corrected chi connectivity index (χ4v) is 1.95. The van der Waals surface area contributed by atoms with Crippen LogP contribution in [0.5, 0.6) is 0 Å². The summed E-state index contributed by atoms with van der Waals surface area (Å²) in [7, 11) is 0. The van der Waals surface area contributed by atoms with Gasteiger partial charge in [0.25, 0.3) is 5.91 Å². The van der Waals surface area contributed by atoms with Crippen molar-refractivity contribution in [3.05, 3.63) is 18.0 Å². The van der Waals surface area contributed by atoms with E-state index in [1.807, 2.05) is 20.8 Å². The number of hydrogen-bond acceptors (Lipinski definition) is 3. The van der Waals surface area contributed by atoms with Crippen molar-refractivity contribution >= 4 is 5.91 Å². The molecule has 18 heavy (non-hydrogen) atoms. The first-order valence-electron chi connectivity index (χ1n) is 6.33. The predicted octanol–water partition coefficient (Wildman–Crippen LogP) is 1.43. The third kappa shape index (κ3) is 4.49. The molecule has 1 rings (SSSR count). The molecule has 0 saturated heterocycles. The number of carbonyl (C=O) groups excluding carboxylic acids is 1. The quantitative estimate of drug-likeness (QED) is 0.806. The van der Waals surface area contributed by atoms with Crippen molar-refractivity contribution in [2.75, 3.05) is 6.54 Å². The number of amides is 1. The zero-order valence-corrected chi connectivity index (χ0v) is 11.6. The Morgan fingerprint density at radius 1 is 1.61 bits per heavy atom. The minimum Gasteiger partial charge on any atom is -0.393 e. The number of aliphatic hydroxyl groups excluding tert-OH is 1. The van der Waals surface area contributed by atoms with E-state index in [1.54, 1.807) is 24.0 Å². The molecule has 5 heteroatoms. The van der Waals surface area contributed by atoms with Gasteiger partial charge in [0.2, 0.25) is 0 Å². The van der Waals surface area contributed by atoms with Gasteiger partial charge >= 0.3 is 0 Å². The lowest BCUT2D eigenvalue weighted by atomic mass is 9.87. The minimum absolute atomic E-state index is 0.117. The average Bonchev–Trinajstić information content (AvgIpc) is 2.72. The van der Waals surface area contributed by atoms with Gasteiger partial charge in [0.05, 0.1) is 17.9 Å². The summed E-state index contributed by atoms with van der Waals surface area (Å²) in [6, 6.07) is 0. The second kappa shape index (κ2) is 6.00. The van der Waals surface area contributed by atoms with E-state index < -0.39 is 0 Å². The Bertz CT molecular complexity index is 397. The van der Waals surface area contributed by atoms with Crippen LogP contribution in [0.3, 0.4) is 0 Å². The van der Waals surface area contributed by atoms with E-state index in [0.29, 0.717) is 18.5 Å². The maximum Gasteiger partial charge on any atom is 0.254 e. The average molecular weight is 253 g/mol. The molecule has 1 aromatic heterocycles. The van der Waals surface area contributed by atoms with Crippen molar-refractivity contribution in [3.63, 3.8) is 0 Å². The highest BCUT2D eigenvalue weighted by molar-refractivity contribution is 5.93. The van der Waals surface area contributed by atoms with Crippen molar-refractivity contribution < 1.29 is 9.90 Å². The van der Waals surface area contributed by atoms with Crippen molar-refractivity contribution in [1.29, 1.82) is 0 Å². The summed E-state index contributed by atoms with van der Waals surface area (Å²) < 4.78 is 1.72. The molecular formula is C13H23N3O2. The number of hydrogen-bond donors (Lipinski definition) is 2. The molecule has 0 aliphatic carbocycles. The number of nitrogens with one attached hydrogen (secondary N) is 1. The lowest BCUT2D eigenvalue weighted by Crippen LogP contribution is -2.35. The zero-order chi connectivity index (χ0) is 13.8. The summed E-state index contributed by atoms with van der Waals surface area (Å²) in [5.74, 6) is -0.117. The Morgan fingerprint density at radius 2 is 2.28 bits per heavy atom. The van der Waals surface area contributed by atoms with Crippen LogP contribution in [0.25, 0.3) is 0 Å². The largest absolute Gasteiger partial charge is 0.393 e. The summed E-state index contributed by atoms with van der Waals surface area (Å²) in [5.41, 5.74) is 0.453. The van der Waals surface area contributed by atoms with Gasteiger partial charge in [-0.3, -0.25) is 9.48 Å². The highest BCUT2D eigenvalue weighted by atomic mass is 16.3. The monoisotopic (exact) mass is 253 g/mol. The molecule has 0 saturated carbocycles. The van der Waals surface area contributed by atoms with Crippen LogP contribution < -0.4 is 5.32 Å². The van der Waals surface area contributed by atoms with Crippen LogP contribution in [0, 0.1) is 5.41 Å². The van der Waals surface area contributed by atoms with Crippen molar-refractivity contribution in [2.24, 2.45) is 5.41 Å². The molecule has 0 aromatic carbocycles. The van der Waals surface area contributed by atoms with Crippen LogP contribution >= 0.6 is 0 Å². The fourth-order valence-electron chi connectivity index (χ4n) is 1.95. The summed E-state index contributed by atoms with van der Waals surface area (Å²) in [4.78, 5) is 11.9. The standard InChI is InChI=1S/C13H23N3O2/c1-5-16-8-11(7-15-16)12(18)14-9-13(3,4)6-10(2)17/h7-8,10,17H,5-6,9H2,1-4H3,(H,14,18). The first-order chi connectivity index (χ1) is 8.34. The van der Waals surface area contributed by atoms with Crippen molar-refractivity contribution in [3.8, 4) is 0 Å². The first-order valence-corrected chi connectivity index (χ1v) is 6.33. The SMILES string of the molecule is CCn1cc(C(=O)NCC(C)(C)CC(C)O)cn1. The van der Waals surface area contributed by atoms with Gasteiger partial charge in [-0.05, 0) is 25.7 Å². The van der Waals surface area contributed by atoms with Crippen LogP contribution in [0.2, 0.25) is 0 Å². The lowest BCUT2D eigenvalue weighted by molar-refractivity contribution is 0.0902. The van der Waals surface area contributed by atoms with Crippen molar-refractivity contribution in [1.82, 2.24) is 15.1 Å². The Kier molecular flexibility index (Phi) is 4.90. The van der Waals surface area contributed by atoms with Gasteiger partial charge < -0.3 is 10.4 Å². The summed E-state index contributed by atoms with van der Waals surface area (Å²) in [6.45, 7) is 9.06. The molecular weight excluding hydrogens is 230 g/mol. The second-order valence-electron chi connectivity index (χ2n) is 5.48. The van der Waals surface area contributed by atoms with E-state index in [-0.39, 0.29) is 17.4 Å². The van der Waals surface area contributed by atoms with Gasteiger partial charge in [-0.15, -0.1) is 0 Å². The molecule has 5 nitrogen and oxygen atoms in total. The van der Waals surface area contributed by atoms with Gasteiger partial charge in [0.15, 0.2) is 0 Å². The molecule has 1 atom stereocenters. The topological polar surface area (TPSA) is 67.2 Å². The Morgan fingerprint density at radius 3 is 2.78 bits per heavy atom. The maximum atomic E-state index is 11.9. The van der Waals surface area contributed by atoms with E-state index >= 15 is 0 Å². The number of rotatable bonds is 6. The van der Waals surface area contributed by atoms with Crippen LogP contribution in [0.1, 0.15) is 44.5 Å². The molecule has 1 unspecified atom stereocenters. The van der Waals surface area contributed by atoms with Crippen LogP contribution in [0.4, 0.5) is 0 Å². The summed E-state index contributed by atoms with van der Waals surface area (Å²) in [6.07, 6.45) is 3.60. The fraction of sp³-hybridized carbons (Fsp3) is 0.692. The van der Waals surface area contributed by atoms with E-state index in [1.165, 1.54) is 0 Å². The summed E-state index contributed by atoms with van der Waals surface area (Å²) in [5, 5.41) is 16.3. The van der Waals surface area contributed by atoms with Crippen molar-refractivity contribution in [2.45, 2.75) is 46.8 Å². The lowest BCUT2D eigenvalue weighted by Gasteiger charge is -2.26. The Labute approximate surface area is 108 Å². The van der Waals surface area contributed by atoms with Gasteiger partial charge in [-0.25, -0.2) is 0 Å². The second-order valence-corrected chi connectivity index (χ2v) is 5.48. The molecule has 0 bridgehead atoms. The highest BCUT2D eigenvalue weighted by Gasteiger charge is 2.21. The van der Waals surface area contributed by atoms with E-state index in [2.05, 4.69) is 10.4 Å². The molecule has 0 radical (unpaired) electrons. The number of nitrogens with zero attached hydrogens (tertiary/aromatic N) is 2. The van der Waals surface area contributed by atoms with Gasteiger partial charge in [-0.1, -0.05) is 13.8 Å². The molecule has 1 aromatic rings. The third-order valence-electron chi connectivity index (χ3n) is 2.79. The number of carbonyl (C=O) groups is 1. The Hall–Kier alpha value is -1.36. The molecule has 0 spiro atoms. The van der Waals surface area contributed by atoms with E-state index in [9.17, 15) is 9.90 Å². The number of aliphatic hydroxyl groups is 1. The van der Waals surface area contributed by atoms with Gasteiger partial charge in [0.1, 0.15) is 0 Å². The smallest absolute Gasteiger partial charge is 0.254 e. The number of aryl methyl sites for hydroxylation is 1. The zero-order valence-electron chi connectivity index (χ0n) is 11.6. The van der Waals surface area contributed by atoms with E-state index in [0.717, 1.165) is 6.54 Å².